The minimum Gasteiger partial charge on any atom is -0.397 e. The molecule has 1 aliphatic carbocycles. The summed E-state index contributed by atoms with van der Waals surface area (Å²) in [4.78, 5) is 14.4. The van der Waals surface area contributed by atoms with Crippen LogP contribution in [0.4, 0.5) is 11.4 Å². The number of nitrogens with two attached hydrogens (primary N) is 1. The van der Waals surface area contributed by atoms with Gasteiger partial charge in [-0.1, -0.05) is 6.07 Å². The molecule has 0 saturated heterocycles. The molecule has 4 nitrogen and oxygen atoms in total. The van der Waals surface area contributed by atoms with E-state index in [1.807, 2.05) is 25.1 Å². The summed E-state index contributed by atoms with van der Waals surface area (Å²) in [6.45, 7) is 7.71. The standard InChI is InChI=1S/C16H25N3O/c1-11(2)19(9-13-5-6-13)10-16(20)18-15-7-4-12(3)8-14(15)17/h4,7-8,11,13H,5-6,9-10,17H2,1-3H3,(H,18,20). The van der Waals surface area contributed by atoms with Crippen LogP contribution in [0, 0.1) is 12.8 Å². The van der Waals surface area contributed by atoms with Gasteiger partial charge in [0.1, 0.15) is 0 Å². The van der Waals surface area contributed by atoms with Crippen molar-refractivity contribution >= 4 is 17.3 Å². The summed E-state index contributed by atoms with van der Waals surface area (Å²) < 4.78 is 0. The summed E-state index contributed by atoms with van der Waals surface area (Å²) in [5.41, 5.74) is 8.34. The number of amides is 1. The predicted molar refractivity (Wildman–Crippen MR) is 83.7 cm³/mol. The molecule has 0 unspecified atom stereocenters. The monoisotopic (exact) mass is 275 g/mol. The first kappa shape index (κ1) is 14.9. The Morgan fingerprint density at radius 2 is 2.15 bits per heavy atom. The number of hydrogen-bond acceptors (Lipinski definition) is 3. The van der Waals surface area contributed by atoms with E-state index in [0.29, 0.717) is 24.0 Å². The Kier molecular flexibility index (Phi) is 4.65. The van der Waals surface area contributed by atoms with Gasteiger partial charge in [-0.3, -0.25) is 9.69 Å². The Labute approximate surface area is 121 Å². The number of carbonyl (C=O) groups excluding carboxylic acids is 1. The van der Waals surface area contributed by atoms with Crippen LogP contribution in [0.25, 0.3) is 0 Å². The van der Waals surface area contributed by atoms with Gasteiger partial charge in [-0.25, -0.2) is 0 Å². The number of benzene rings is 1. The predicted octanol–water partition coefficient (Wildman–Crippen LogP) is 2.64. The van der Waals surface area contributed by atoms with Crippen LogP contribution in [0.15, 0.2) is 18.2 Å². The van der Waals surface area contributed by atoms with Crippen LogP contribution < -0.4 is 11.1 Å². The largest absolute Gasteiger partial charge is 0.397 e. The topological polar surface area (TPSA) is 58.4 Å². The summed E-state index contributed by atoms with van der Waals surface area (Å²) in [5, 5.41) is 2.91. The first-order valence-corrected chi connectivity index (χ1v) is 7.35. The third kappa shape index (κ3) is 4.23. The molecule has 20 heavy (non-hydrogen) atoms. The van der Waals surface area contributed by atoms with Crippen LogP contribution in [-0.2, 0) is 4.79 Å². The van der Waals surface area contributed by atoms with Gasteiger partial charge in [0.2, 0.25) is 5.91 Å². The fourth-order valence-corrected chi connectivity index (χ4v) is 2.26. The van der Waals surface area contributed by atoms with Gasteiger partial charge in [0.25, 0.3) is 0 Å². The first-order valence-electron chi connectivity index (χ1n) is 7.35. The molecule has 1 saturated carbocycles. The second-order valence-electron chi connectivity index (χ2n) is 6.11. The van der Waals surface area contributed by atoms with Crippen molar-refractivity contribution in [1.82, 2.24) is 4.90 Å². The van der Waals surface area contributed by atoms with E-state index in [9.17, 15) is 4.79 Å². The highest BCUT2D eigenvalue weighted by Gasteiger charge is 2.26. The highest BCUT2D eigenvalue weighted by Crippen LogP contribution is 2.30. The third-order valence-electron chi connectivity index (χ3n) is 3.75. The normalized spacial score (nSPS) is 14.8. The molecule has 1 aliphatic rings. The lowest BCUT2D eigenvalue weighted by Gasteiger charge is -2.25. The van der Waals surface area contributed by atoms with Gasteiger partial charge in [-0.05, 0) is 57.2 Å². The van der Waals surface area contributed by atoms with Gasteiger partial charge >= 0.3 is 0 Å². The van der Waals surface area contributed by atoms with Crippen molar-refractivity contribution in [3.63, 3.8) is 0 Å². The molecule has 0 spiro atoms. The van der Waals surface area contributed by atoms with Crippen molar-refractivity contribution in [2.24, 2.45) is 5.92 Å². The maximum absolute atomic E-state index is 12.2. The summed E-state index contributed by atoms with van der Waals surface area (Å²) >= 11 is 0. The van der Waals surface area contributed by atoms with Crippen LogP contribution in [0.5, 0.6) is 0 Å². The molecule has 0 heterocycles. The van der Waals surface area contributed by atoms with Crippen LogP contribution in [0.2, 0.25) is 0 Å². The molecule has 1 aromatic carbocycles. The van der Waals surface area contributed by atoms with Crippen LogP contribution in [0.3, 0.4) is 0 Å². The first-order chi connectivity index (χ1) is 9.45. The molecular weight excluding hydrogens is 250 g/mol. The average molecular weight is 275 g/mol. The fourth-order valence-electron chi connectivity index (χ4n) is 2.26. The van der Waals surface area contributed by atoms with Crippen LogP contribution in [-0.4, -0.2) is 29.9 Å². The molecular formula is C16H25N3O. The molecule has 2 rings (SSSR count). The summed E-state index contributed by atoms with van der Waals surface area (Å²) in [5.74, 6) is 0.796. The molecule has 4 heteroatoms. The lowest BCUT2D eigenvalue weighted by molar-refractivity contribution is -0.117. The van der Waals surface area contributed by atoms with E-state index in [1.54, 1.807) is 0 Å². The van der Waals surface area contributed by atoms with Crippen molar-refractivity contribution in [1.29, 1.82) is 0 Å². The molecule has 1 amide bonds. The van der Waals surface area contributed by atoms with Crippen LogP contribution >= 0.6 is 0 Å². The van der Waals surface area contributed by atoms with E-state index in [1.165, 1.54) is 12.8 Å². The van der Waals surface area contributed by atoms with E-state index in [-0.39, 0.29) is 5.91 Å². The molecule has 1 aromatic rings. The zero-order valence-corrected chi connectivity index (χ0v) is 12.6. The zero-order chi connectivity index (χ0) is 14.7. The SMILES string of the molecule is Cc1ccc(NC(=O)CN(CC2CC2)C(C)C)c(N)c1. The Hall–Kier alpha value is -1.55. The molecule has 0 bridgehead atoms. The Morgan fingerprint density at radius 3 is 2.70 bits per heavy atom. The van der Waals surface area contributed by atoms with E-state index in [4.69, 9.17) is 5.73 Å². The highest BCUT2D eigenvalue weighted by atomic mass is 16.2. The fraction of sp³-hybridized carbons (Fsp3) is 0.562. The molecule has 0 radical (unpaired) electrons. The highest BCUT2D eigenvalue weighted by molar-refractivity contribution is 5.95. The number of nitrogens with one attached hydrogen (secondary N) is 1. The van der Waals surface area contributed by atoms with Gasteiger partial charge in [0.05, 0.1) is 17.9 Å². The molecule has 0 atom stereocenters. The lowest BCUT2D eigenvalue weighted by Crippen LogP contribution is -2.39. The van der Waals surface area contributed by atoms with Crippen molar-refractivity contribution < 1.29 is 4.79 Å². The Morgan fingerprint density at radius 1 is 1.45 bits per heavy atom. The lowest BCUT2D eigenvalue weighted by atomic mass is 10.2. The van der Waals surface area contributed by atoms with Gasteiger partial charge < -0.3 is 11.1 Å². The summed E-state index contributed by atoms with van der Waals surface area (Å²) in [7, 11) is 0. The second kappa shape index (κ2) is 6.27. The number of aryl methyl sites for hydroxylation is 1. The minimum absolute atomic E-state index is 0.00917. The maximum Gasteiger partial charge on any atom is 0.238 e. The Balaban J connectivity index is 1.92. The van der Waals surface area contributed by atoms with E-state index in [2.05, 4.69) is 24.1 Å². The number of anilines is 2. The Bertz CT molecular complexity index is 481. The molecule has 0 aliphatic heterocycles. The van der Waals surface area contributed by atoms with E-state index >= 15 is 0 Å². The van der Waals surface area contributed by atoms with Crippen LogP contribution in [0.1, 0.15) is 32.3 Å². The van der Waals surface area contributed by atoms with Crippen molar-refractivity contribution in [3.05, 3.63) is 23.8 Å². The average Bonchev–Trinajstić information content (AvgIpc) is 3.16. The molecule has 3 N–H and O–H groups in total. The number of nitrogen functional groups attached to an aromatic ring is 1. The van der Waals surface area contributed by atoms with Gasteiger partial charge in [-0.2, -0.15) is 0 Å². The molecule has 110 valence electrons. The third-order valence-corrected chi connectivity index (χ3v) is 3.75. The molecule has 0 aromatic heterocycles. The van der Waals surface area contributed by atoms with Gasteiger partial charge in [0.15, 0.2) is 0 Å². The number of rotatable bonds is 6. The molecule has 1 fully saturated rings. The van der Waals surface area contributed by atoms with Crippen molar-refractivity contribution in [3.8, 4) is 0 Å². The van der Waals surface area contributed by atoms with Crippen molar-refractivity contribution in [2.75, 3.05) is 24.1 Å². The summed E-state index contributed by atoms with van der Waals surface area (Å²) in [6, 6.07) is 6.08. The number of hydrogen-bond donors (Lipinski definition) is 2. The quantitative estimate of drug-likeness (QED) is 0.785. The van der Waals surface area contributed by atoms with Gasteiger partial charge in [0, 0.05) is 12.6 Å². The number of carbonyl (C=O) groups is 1. The maximum atomic E-state index is 12.2. The van der Waals surface area contributed by atoms with E-state index < -0.39 is 0 Å². The minimum atomic E-state index is 0.00917. The number of nitrogens with zero attached hydrogens (tertiary/aromatic N) is 1. The zero-order valence-electron chi connectivity index (χ0n) is 12.6. The summed E-state index contributed by atoms with van der Waals surface area (Å²) in [6.07, 6.45) is 2.60. The van der Waals surface area contributed by atoms with Gasteiger partial charge in [-0.15, -0.1) is 0 Å². The smallest absolute Gasteiger partial charge is 0.238 e. The second-order valence-corrected chi connectivity index (χ2v) is 6.11. The van der Waals surface area contributed by atoms with E-state index in [0.717, 1.165) is 18.0 Å². The van der Waals surface area contributed by atoms with Crippen molar-refractivity contribution in [2.45, 2.75) is 39.7 Å².